The van der Waals surface area contributed by atoms with Crippen molar-refractivity contribution in [3.63, 3.8) is 0 Å². The Balaban J connectivity index is 2.28. The third-order valence-electron chi connectivity index (χ3n) is 2.90. The molecule has 3 N–H and O–H groups in total. The summed E-state index contributed by atoms with van der Waals surface area (Å²) in [5.74, 6) is -0.230. The monoisotopic (exact) mass is 306 g/mol. The number of nitrogens with two attached hydrogens (primary N) is 1. The lowest BCUT2D eigenvalue weighted by Gasteiger charge is -2.11. The van der Waals surface area contributed by atoms with Crippen molar-refractivity contribution in [2.24, 2.45) is 5.73 Å². The second-order valence-electron chi connectivity index (χ2n) is 4.16. The van der Waals surface area contributed by atoms with Gasteiger partial charge >= 0.3 is 0 Å². The zero-order valence-corrected chi connectivity index (χ0v) is 12.6. The SMILES string of the molecule is CSc1ccc(Cl)c(C(=O)Nc2ccccc2CN)c1. The first-order valence-corrected chi connectivity index (χ1v) is 7.69. The van der Waals surface area contributed by atoms with Crippen LogP contribution in [0, 0.1) is 0 Å². The number of carbonyl (C=O) groups is 1. The van der Waals surface area contributed by atoms with Gasteiger partial charge in [0, 0.05) is 17.1 Å². The van der Waals surface area contributed by atoms with Crippen molar-refractivity contribution in [2.75, 3.05) is 11.6 Å². The average molecular weight is 307 g/mol. The number of hydrogen-bond donors (Lipinski definition) is 2. The van der Waals surface area contributed by atoms with Crippen LogP contribution in [0.2, 0.25) is 5.02 Å². The molecule has 0 saturated carbocycles. The normalized spacial score (nSPS) is 10.3. The Morgan fingerprint density at radius 1 is 1.30 bits per heavy atom. The number of hydrogen-bond acceptors (Lipinski definition) is 3. The van der Waals surface area contributed by atoms with E-state index in [0.29, 0.717) is 22.8 Å². The zero-order valence-electron chi connectivity index (χ0n) is 11.0. The molecule has 2 aromatic carbocycles. The summed E-state index contributed by atoms with van der Waals surface area (Å²) in [6.07, 6.45) is 1.95. The minimum absolute atomic E-state index is 0.230. The van der Waals surface area contributed by atoms with Crippen LogP contribution in [0.4, 0.5) is 5.69 Å². The lowest BCUT2D eigenvalue weighted by Crippen LogP contribution is -2.14. The van der Waals surface area contributed by atoms with E-state index < -0.39 is 0 Å². The highest BCUT2D eigenvalue weighted by molar-refractivity contribution is 7.98. The quantitative estimate of drug-likeness (QED) is 0.845. The molecule has 1 amide bonds. The summed E-state index contributed by atoms with van der Waals surface area (Å²) < 4.78 is 0. The number of para-hydroxylation sites is 1. The fourth-order valence-electron chi connectivity index (χ4n) is 1.82. The van der Waals surface area contributed by atoms with Gasteiger partial charge in [-0.3, -0.25) is 4.79 Å². The molecule has 0 aliphatic heterocycles. The Morgan fingerprint density at radius 3 is 2.75 bits per heavy atom. The summed E-state index contributed by atoms with van der Waals surface area (Å²) in [4.78, 5) is 13.3. The molecule has 0 unspecified atom stereocenters. The highest BCUT2D eigenvalue weighted by atomic mass is 35.5. The van der Waals surface area contributed by atoms with E-state index in [4.69, 9.17) is 17.3 Å². The Labute approximate surface area is 127 Å². The molecule has 104 valence electrons. The highest BCUT2D eigenvalue weighted by Crippen LogP contribution is 2.24. The van der Waals surface area contributed by atoms with Crippen molar-refractivity contribution >= 4 is 35.0 Å². The van der Waals surface area contributed by atoms with Gasteiger partial charge in [0.05, 0.1) is 10.6 Å². The van der Waals surface area contributed by atoms with Gasteiger partial charge in [-0.15, -0.1) is 11.8 Å². The van der Waals surface area contributed by atoms with Crippen LogP contribution in [0.1, 0.15) is 15.9 Å². The Hall–Kier alpha value is -1.49. The maximum Gasteiger partial charge on any atom is 0.257 e. The maximum absolute atomic E-state index is 12.3. The van der Waals surface area contributed by atoms with Crippen LogP contribution in [0.5, 0.6) is 0 Å². The summed E-state index contributed by atoms with van der Waals surface area (Å²) in [6, 6.07) is 12.9. The minimum atomic E-state index is -0.230. The number of thioether (sulfide) groups is 1. The molecular formula is C15H15ClN2OS. The molecule has 20 heavy (non-hydrogen) atoms. The molecule has 3 nitrogen and oxygen atoms in total. The summed E-state index contributed by atoms with van der Waals surface area (Å²) in [7, 11) is 0. The predicted molar refractivity (Wildman–Crippen MR) is 85.5 cm³/mol. The number of benzene rings is 2. The van der Waals surface area contributed by atoms with E-state index in [1.54, 1.807) is 23.9 Å². The van der Waals surface area contributed by atoms with Crippen LogP contribution in [0.15, 0.2) is 47.4 Å². The summed E-state index contributed by atoms with van der Waals surface area (Å²) in [5.41, 5.74) is 7.72. The topological polar surface area (TPSA) is 55.1 Å². The molecule has 0 aliphatic rings. The van der Waals surface area contributed by atoms with Gasteiger partial charge in [-0.25, -0.2) is 0 Å². The van der Waals surface area contributed by atoms with Crippen molar-refractivity contribution in [2.45, 2.75) is 11.4 Å². The molecule has 2 rings (SSSR count). The Morgan fingerprint density at radius 2 is 2.05 bits per heavy atom. The molecule has 0 bridgehead atoms. The van der Waals surface area contributed by atoms with Gasteiger partial charge < -0.3 is 11.1 Å². The number of halogens is 1. The summed E-state index contributed by atoms with van der Waals surface area (Å²) in [6.45, 7) is 0.370. The van der Waals surface area contributed by atoms with Crippen molar-refractivity contribution in [1.29, 1.82) is 0 Å². The lowest BCUT2D eigenvalue weighted by atomic mass is 10.1. The maximum atomic E-state index is 12.3. The number of rotatable bonds is 4. The summed E-state index contributed by atoms with van der Waals surface area (Å²) in [5, 5.41) is 3.29. The van der Waals surface area contributed by atoms with Gasteiger partial charge in [-0.2, -0.15) is 0 Å². The third-order valence-corrected chi connectivity index (χ3v) is 3.96. The van der Waals surface area contributed by atoms with Crippen LogP contribution < -0.4 is 11.1 Å². The Kier molecular flexibility index (Phi) is 5.06. The van der Waals surface area contributed by atoms with E-state index in [-0.39, 0.29) is 5.91 Å². The molecule has 0 saturated heterocycles. The first-order chi connectivity index (χ1) is 9.65. The fraction of sp³-hybridized carbons (Fsp3) is 0.133. The average Bonchev–Trinajstić information content (AvgIpc) is 2.48. The number of anilines is 1. The van der Waals surface area contributed by atoms with E-state index in [9.17, 15) is 4.79 Å². The van der Waals surface area contributed by atoms with Crippen LogP contribution in [-0.2, 0) is 6.54 Å². The van der Waals surface area contributed by atoms with E-state index >= 15 is 0 Å². The van der Waals surface area contributed by atoms with Crippen molar-refractivity contribution in [1.82, 2.24) is 0 Å². The molecule has 5 heteroatoms. The number of carbonyl (C=O) groups excluding carboxylic acids is 1. The molecule has 0 aromatic heterocycles. The molecule has 0 aliphatic carbocycles. The fourth-order valence-corrected chi connectivity index (χ4v) is 2.46. The van der Waals surface area contributed by atoms with Gasteiger partial charge in [0.1, 0.15) is 0 Å². The van der Waals surface area contributed by atoms with Gasteiger partial charge in [-0.1, -0.05) is 29.8 Å². The molecule has 0 atom stereocenters. The predicted octanol–water partition coefficient (Wildman–Crippen LogP) is 3.77. The molecule has 0 fully saturated rings. The van der Waals surface area contributed by atoms with Crippen LogP contribution in [0.25, 0.3) is 0 Å². The molecular weight excluding hydrogens is 292 g/mol. The minimum Gasteiger partial charge on any atom is -0.326 e. The van der Waals surface area contributed by atoms with E-state index in [2.05, 4.69) is 5.32 Å². The highest BCUT2D eigenvalue weighted by Gasteiger charge is 2.12. The van der Waals surface area contributed by atoms with Crippen LogP contribution in [-0.4, -0.2) is 12.2 Å². The first-order valence-electron chi connectivity index (χ1n) is 6.08. The van der Waals surface area contributed by atoms with Gasteiger partial charge in [-0.05, 0) is 36.1 Å². The Bertz CT molecular complexity index is 631. The second-order valence-corrected chi connectivity index (χ2v) is 5.45. The first kappa shape index (κ1) is 14.9. The number of amides is 1. The van der Waals surface area contributed by atoms with Crippen molar-refractivity contribution in [3.8, 4) is 0 Å². The van der Waals surface area contributed by atoms with E-state index in [1.807, 2.05) is 36.6 Å². The lowest BCUT2D eigenvalue weighted by molar-refractivity contribution is 0.102. The van der Waals surface area contributed by atoms with Crippen molar-refractivity contribution < 1.29 is 4.79 Å². The molecule has 0 heterocycles. The zero-order chi connectivity index (χ0) is 14.5. The second kappa shape index (κ2) is 6.79. The van der Waals surface area contributed by atoms with Gasteiger partial charge in [0.2, 0.25) is 0 Å². The summed E-state index contributed by atoms with van der Waals surface area (Å²) >= 11 is 7.66. The third kappa shape index (κ3) is 3.33. The van der Waals surface area contributed by atoms with Crippen LogP contribution in [0.3, 0.4) is 0 Å². The van der Waals surface area contributed by atoms with E-state index in [0.717, 1.165) is 10.5 Å². The number of nitrogens with one attached hydrogen (secondary N) is 1. The van der Waals surface area contributed by atoms with Crippen molar-refractivity contribution in [3.05, 3.63) is 58.6 Å². The van der Waals surface area contributed by atoms with Crippen LogP contribution >= 0.6 is 23.4 Å². The van der Waals surface area contributed by atoms with Gasteiger partial charge in [0.25, 0.3) is 5.91 Å². The van der Waals surface area contributed by atoms with Gasteiger partial charge in [0.15, 0.2) is 0 Å². The van der Waals surface area contributed by atoms with E-state index in [1.165, 1.54) is 0 Å². The molecule has 2 aromatic rings. The molecule has 0 radical (unpaired) electrons. The standard InChI is InChI=1S/C15H15ClN2OS/c1-20-11-6-7-13(16)12(8-11)15(19)18-14-5-3-2-4-10(14)9-17/h2-8H,9,17H2,1H3,(H,18,19). The smallest absolute Gasteiger partial charge is 0.257 e. The molecule has 0 spiro atoms. The largest absolute Gasteiger partial charge is 0.326 e.